The summed E-state index contributed by atoms with van der Waals surface area (Å²) in [7, 11) is 0. The first kappa shape index (κ1) is 21.2. The van der Waals surface area contributed by atoms with Crippen LogP contribution in [-0.4, -0.2) is 58.0 Å². The summed E-state index contributed by atoms with van der Waals surface area (Å²) in [5, 5.41) is 11.0. The van der Waals surface area contributed by atoms with Crippen LogP contribution in [-0.2, 0) is 9.59 Å². The van der Waals surface area contributed by atoms with Gasteiger partial charge in [-0.3, -0.25) is 9.59 Å². The Morgan fingerprint density at radius 1 is 1.15 bits per heavy atom. The first-order valence-electron chi connectivity index (χ1n) is 10.2. The molecule has 0 aromatic heterocycles. The number of carbonyl (C=O) groups excluding carboxylic acids is 2. The third-order valence-electron chi connectivity index (χ3n) is 6.63. The Balaban J connectivity index is 2.02. The highest BCUT2D eigenvalue weighted by Gasteiger charge is 2.46. The number of aliphatic hydroxyl groups is 1. The van der Waals surface area contributed by atoms with Crippen molar-refractivity contribution in [1.29, 1.82) is 0 Å². The van der Waals surface area contributed by atoms with E-state index in [-0.39, 0.29) is 29.2 Å². The third kappa shape index (κ3) is 4.79. The lowest BCUT2D eigenvalue weighted by atomic mass is 9.71. The maximum atomic E-state index is 13.1. The molecule has 26 heavy (non-hydrogen) atoms. The SMILES string of the molecule is CC(=O)N1CCC(CC(=O)N2CCC(O)(C(C)C)CC2C(C)(C)C)CC1. The smallest absolute Gasteiger partial charge is 0.223 e. The molecule has 0 saturated carbocycles. The fourth-order valence-electron chi connectivity index (χ4n) is 4.43. The molecular weight excluding hydrogens is 328 g/mol. The van der Waals surface area contributed by atoms with E-state index in [0.29, 0.717) is 31.7 Å². The van der Waals surface area contributed by atoms with Gasteiger partial charge in [0.25, 0.3) is 0 Å². The van der Waals surface area contributed by atoms with Gasteiger partial charge in [-0.05, 0) is 42.9 Å². The van der Waals surface area contributed by atoms with Crippen LogP contribution in [0.4, 0.5) is 0 Å². The predicted octanol–water partition coefficient (Wildman–Crippen LogP) is 3.06. The van der Waals surface area contributed by atoms with Crippen LogP contribution < -0.4 is 0 Å². The van der Waals surface area contributed by atoms with Crippen LogP contribution in [0.25, 0.3) is 0 Å². The van der Waals surface area contributed by atoms with Gasteiger partial charge in [-0.1, -0.05) is 34.6 Å². The highest BCUT2D eigenvalue weighted by molar-refractivity contribution is 5.77. The molecule has 0 bridgehead atoms. The van der Waals surface area contributed by atoms with Gasteiger partial charge in [0.05, 0.1) is 5.60 Å². The monoisotopic (exact) mass is 366 g/mol. The Morgan fingerprint density at radius 3 is 2.19 bits per heavy atom. The molecule has 2 amide bonds. The van der Waals surface area contributed by atoms with E-state index < -0.39 is 5.60 Å². The topological polar surface area (TPSA) is 60.9 Å². The molecule has 5 heteroatoms. The minimum atomic E-state index is -0.679. The molecule has 0 radical (unpaired) electrons. The summed E-state index contributed by atoms with van der Waals surface area (Å²) in [4.78, 5) is 28.5. The zero-order valence-corrected chi connectivity index (χ0v) is 17.5. The van der Waals surface area contributed by atoms with E-state index in [2.05, 4.69) is 34.6 Å². The highest BCUT2D eigenvalue weighted by atomic mass is 16.3. The fraction of sp³-hybridized carbons (Fsp3) is 0.905. The van der Waals surface area contributed by atoms with Gasteiger partial charge >= 0.3 is 0 Å². The first-order chi connectivity index (χ1) is 11.9. The molecule has 2 fully saturated rings. The molecule has 5 nitrogen and oxygen atoms in total. The molecule has 0 aromatic rings. The molecule has 0 aliphatic carbocycles. The number of hydrogen-bond donors (Lipinski definition) is 1. The number of piperidine rings is 2. The molecule has 2 aliphatic heterocycles. The van der Waals surface area contributed by atoms with Crippen LogP contribution in [0.15, 0.2) is 0 Å². The van der Waals surface area contributed by atoms with Crippen molar-refractivity contribution in [3.8, 4) is 0 Å². The molecule has 2 aliphatic rings. The van der Waals surface area contributed by atoms with Crippen LogP contribution in [0.3, 0.4) is 0 Å². The number of nitrogens with zero attached hydrogens (tertiary/aromatic N) is 2. The lowest BCUT2D eigenvalue weighted by Crippen LogP contribution is -2.58. The normalized spacial score (nSPS) is 28.5. The third-order valence-corrected chi connectivity index (χ3v) is 6.63. The minimum absolute atomic E-state index is 0.0586. The Hall–Kier alpha value is -1.10. The number of hydrogen-bond acceptors (Lipinski definition) is 3. The van der Waals surface area contributed by atoms with Crippen molar-refractivity contribution in [3.05, 3.63) is 0 Å². The second kappa shape index (κ2) is 7.87. The molecule has 0 spiro atoms. The maximum Gasteiger partial charge on any atom is 0.223 e. The van der Waals surface area contributed by atoms with Gasteiger partial charge < -0.3 is 14.9 Å². The Kier molecular flexibility index (Phi) is 6.42. The average molecular weight is 367 g/mol. The molecule has 150 valence electrons. The second-order valence-electron chi connectivity index (χ2n) is 9.83. The molecule has 2 unspecified atom stereocenters. The average Bonchev–Trinajstić information content (AvgIpc) is 2.54. The summed E-state index contributed by atoms with van der Waals surface area (Å²) in [6.07, 6.45) is 3.71. The largest absolute Gasteiger partial charge is 0.389 e. The van der Waals surface area contributed by atoms with Gasteiger partial charge in [-0.15, -0.1) is 0 Å². The molecule has 0 aromatic carbocycles. The zero-order valence-electron chi connectivity index (χ0n) is 17.5. The predicted molar refractivity (Wildman–Crippen MR) is 104 cm³/mol. The van der Waals surface area contributed by atoms with E-state index in [1.807, 2.05) is 9.80 Å². The van der Waals surface area contributed by atoms with Crippen LogP contribution in [0.5, 0.6) is 0 Å². The van der Waals surface area contributed by atoms with Gasteiger partial charge in [0, 0.05) is 39.0 Å². The quantitative estimate of drug-likeness (QED) is 0.835. The summed E-state index contributed by atoms with van der Waals surface area (Å²) < 4.78 is 0. The highest BCUT2D eigenvalue weighted by Crippen LogP contribution is 2.40. The number of amides is 2. The van der Waals surface area contributed by atoms with Crippen molar-refractivity contribution in [1.82, 2.24) is 9.80 Å². The van der Waals surface area contributed by atoms with E-state index in [1.54, 1.807) is 6.92 Å². The van der Waals surface area contributed by atoms with Crippen molar-refractivity contribution in [2.24, 2.45) is 17.3 Å². The second-order valence-corrected chi connectivity index (χ2v) is 9.83. The number of likely N-dealkylation sites (tertiary alicyclic amines) is 2. The van der Waals surface area contributed by atoms with Crippen LogP contribution in [0.1, 0.15) is 73.6 Å². The lowest BCUT2D eigenvalue weighted by molar-refractivity contribution is -0.150. The molecule has 2 rings (SSSR count). The lowest BCUT2D eigenvalue weighted by Gasteiger charge is -2.51. The standard InChI is InChI=1S/C21H38N2O3/c1-15(2)21(26)9-12-23(18(14-21)20(4,5)6)19(25)13-17-7-10-22(11-8-17)16(3)24/h15,17-18,26H,7-14H2,1-6H3. The molecule has 2 atom stereocenters. The molecule has 2 heterocycles. The van der Waals surface area contributed by atoms with Crippen molar-refractivity contribution in [2.45, 2.75) is 85.3 Å². The Bertz CT molecular complexity index is 518. The van der Waals surface area contributed by atoms with E-state index in [4.69, 9.17) is 0 Å². The number of carbonyl (C=O) groups is 2. The van der Waals surface area contributed by atoms with Crippen LogP contribution in [0.2, 0.25) is 0 Å². The van der Waals surface area contributed by atoms with Crippen molar-refractivity contribution < 1.29 is 14.7 Å². The summed E-state index contributed by atoms with van der Waals surface area (Å²) in [6, 6.07) is 0.0634. The summed E-state index contributed by atoms with van der Waals surface area (Å²) in [5.74, 6) is 0.911. The van der Waals surface area contributed by atoms with Gasteiger partial charge in [0.2, 0.25) is 11.8 Å². The van der Waals surface area contributed by atoms with Gasteiger partial charge in [-0.25, -0.2) is 0 Å². The molecule has 1 N–H and O–H groups in total. The van der Waals surface area contributed by atoms with Crippen LogP contribution in [0, 0.1) is 17.3 Å². The van der Waals surface area contributed by atoms with Crippen molar-refractivity contribution in [2.75, 3.05) is 19.6 Å². The molecular formula is C21H38N2O3. The van der Waals surface area contributed by atoms with Crippen molar-refractivity contribution in [3.63, 3.8) is 0 Å². The summed E-state index contributed by atoms with van der Waals surface area (Å²) in [5.41, 5.74) is -0.738. The van der Waals surface area contributed by atoms with Gasteiger partial charge in [0.1, 0.15) is 0 Å². The first-order valence-corrected chi connectivity index (χ1v) is 10.2. The number of rotatable bonds is 3. The fourth-order valence-corrected chi connectivity index (χ4v) is 4.43. The zero-order chi connectivity index (χ0) is 19.7. The van der Waals surface area contributed by atoms with E-state index >= 15 is 0 Å². The summed E-state index contributed by atoms with van der Waals surface area (Å²) >= 11 is 0. The maximum absolute atomic E-state index is 13.1. The van der Waals surface area contributed by atoms with E-state index in [9.17, 15) is 14.7 Å². The van der Waals surface area contributed by atoms with Gasteiger partial charge in [0.15, 0.2) is 0 Å². The molecule has 2 saturated heterocycles. The van der Waals surface area contributed by atoms with Crippen molar-refractivity contribution >= 4 is 11.8 Å². The minimum Gasteiger partial charge on any atom is -0.389 e. The summed E-state index contributed by atoms with van der Waals surface area (Å²) in [6.45, 7) is 14.4. The van der Waals surface area contributed by atoms with Crippen LogP contribution >= 0.6 is 0 Å². The van der Waals surface area contributed by atoms with Gasteiger partial charge in [-0.2, -0.15) is 0 Å². The van der Waals surface area contributed by atoms with E-state index in [0.717, 1.165) is 25.9 Å². The Morgan fingerprint density at radius 2 is 1.73 bits per heavy atom. The Labute approximate surface area is 159 Å². The van der Waals surface area contributed by atoms with E-state index in [1.165, 1.54) is 0 Å².